The molecule has 0 radical (unpaired) electrons. The van der Waals surface area contributed by atoms with Gasteiger partial charge in [-0.3, -0.25) is 14.5 Å². The van der Waals surface area contributed by atoms with Gasteiger partial charge >= 0.3 is 0 Å². The van der Waals surface area contributed by atoms with Crippen molar-refractivity contribution in [1.29, 1.82) is 0 Å². The van der Waals surface area contributed by atoms with Crippen LogP contribution in [0.4, 0.5) is 10.8 Å². The number of carbonyl (C=O) groups is 2. The highest BCUT2D eigenvalue weighted by molar-refractivity contribution is 7.14. The summed E-state index contributed by atoms with van der Waals surface area (Å²) in [4.78, 5) is 29.8. The molecule has 1 saturated heterocycles. The van der Waals surface area contributed by atoms with Crippen molar-refractivity contribution in [3.8, 4) is 0 Å². The van der Waals surface area contributed by atoms with Gasteiger partial charge in [-0.25, -0.2) is 4.98 Å². The van der Waals surface area contributed by atoms with E-state index in [4.69, 9.17) is 5.73 Å². The van der Waals surface area contributed by atoms with Crippen molar-refractivity contribution in [3.05, 3.63) is 40.9 Å². The van der Waals surface area contributed by atoms with Gasteiger partial charge < -0.3 is 11.1 Å². The van der Waals surface area contributed by atoms with Crippen LogP contribution >= 0.6 is 11.3 Å². The summed E-state index contributed by atoms with van der Waals surface area (Å²) in [7, 11) is 0. The monoisotopic (exact) mass is 344 g/mol. The summed E-state index contributed by atoms with van der Waals surface area (Å²) in [6.45, 7) is 1.30. The van der Waals surface area contributed by atoms with E-state index in [1.165, 1.54) is 11.3 Å². The number of rotatable bonds is 6. The van der Waals surface area contributed by atoms with Gasteiger partial charge in [0.1, 0.15) is 0 Å². The molecular weight excluding hydrogens is 324 g/mol. The minimum absolute atomic E-state index is 0.0601. The Morgan fingerprint density at radius 1 is 1.33 bits per heavy atom. The summed E-state index contributed by atoms with van der Waals surface area (Å²) in [6.07, 6.45) is 2.46. The largest absolute Gasteiger partial charge is 0.399 e. The molecule has 7 heteroatoms. The van der Waals surface area contributed by atoms with E-state index >= 15 is 0 Å². The van der Waals surface area contributed by atoms with Crippen LogP contribution < -0.4 is 16.0 Å². The van der Waals surface area contributed by atoms with Crippen LogP contribution in [0.5, 0.6) is 0 Å². The summed E-state index contributed by atoms with van der Waals surface area (Å²) < 4.78 is 0. The first-order valence-corrected chi connectivity index (χ1v) is 8.85. The average Bonchev–Trinajstić information content (AvgIpc) is 3.18. The molecule has 3 N–H and O–H groups in total. The second kappa shape index (κ2) is 7.44. The van der Waals surface area contributed by atoms with Crippen LogP contribution in [-0.2, 0) is 22.4 Å². The minimum atomic E-state index is -0.0601. The van der Waals surface area contributed by atoms with E-state index in [-0.39, 0.29) is 18.2 Å². The van der Waals surface area contributed by atoms with Crippen LogP contribution in [0.1, 0.15) is 24.1 Å². The van der Waals surface area contributed by atoms with E-state index in [9.17, 15) is 9.59 Å². The second-order valence-corrected chi connectivity index (χ2v) is 6.63. The van der Waals surface area contributed by atoms with Crippen molar-refractivity contribution in [2.75, 3.05) is 23.7 Å². The van der Waals surface area contributed by atoms with Crippen LogP contribution in [0.3, 0.4) is 0 Å². The lowest BCUT2D eigenvalue weighted by molar-refractivity contribution is -0.120. The number of hydrogen-bond acceptors (Lipinski definition) is 5. The molecule has 0 spiro atoms. The molecule has 0 bridgehead atoms. The van der Waals surface area contributed by atoms with Crippen LogP contribution in [0.2, 0.25) is 0 Å². The molecule has 2 aromatic rings. The molecule has 2 amide bonds. The fourth-order valence-electron chi connectivity index (χ4n) is 2.61. The van der Waals surface area contributed by atoms with Crippen molar-refractivity contribution >= 4 is 34.0 Å². The van der Waals surface area contributed by atoms with Gasteiger partial charge in [0.05, 0.1) is 12.1 Å². The maximum atomic E-state index is 12.0. The summed E-state index contributed by atoms with van der Waals surface area (Å²) in [5.74, 6) is 0.0545. The normalized spacial score (nSPS) is 14.2. The first kappa shape index (κ1) is 16.4. The smallest absolute Gasteiger partial charge is 0.228 e. The highest BCUT2D eigenvalue weighted by Crippen LogP contribution is 2.25. The van der Waals surface area contributed by atoms with Crippen molar-refractivity contribution in [1.82, 2.24) is 10.3 Å². The number of nitrogens with two attached hydrogens (primary N) is 1. The number of nitrogens with one attached hydrogen (secondary N) is 1. The van der Waals surface area contributed by atoms with Gasteiger partial charge in [0.2, 0.25) is 11.8 Å². The van der Waals surface area contributed by atoms with Gasteiger partial charge in [-0.05, 0) is 30.5 Å². The quantitative estimate of drug-likeness (QED) is 0.782. The van der Waals surface area contributed by atoms with Crippen LogP contribution in [0, 0.1) is 0 Å². The van der Waals surface area contributed by atoms with E-state index in [0.717, 1.165) is 30.6 Å². The Balaban J connectivity index is 1.46. The van der Waals surface area contributed by atoms with E-state index < -0.39 is 0 Å². The molecule has 0 saturated carbocycles. The summed E-state index contributed by atoms with van der Waals surface area (Å²) in [5, 5.41) is 5.44. The lowest BCUT2D eigenvalue weighted by Gasteiger charge is -2.10. The van der Waals surface area contributed by atoms with Gasteiger partial charge in [-0.1, -0.05) is 12.1 Å². The number of nitrogens with zero attached hydrogens (tertiary/aromatic N) is 2. The standard InChI is InChI=1S/C17H20N4O2S/c18-13-5-3-12(4-6-13)7-8-19-15(22)10-14-11-24-17(20-14)21-9-1-2-16(21)23/h3-6,11H,1-2,7-10,18H2,(H,19,22). The van der Waals surface area contributed by atoms with Crippen molar-refractivity contribution < 1.29 is 9.59 Å². The zero-order valence-electron chi connectivity index (χ0n) is 13.3. The molecule has 126 valence electrons. The molecule has 0 atom stereocenters. The highest BCUT2D eigenvalue weighted by atomic mass is 32.1. The number of thiazole rings is 1. The number of amides is 2. The molecular formula is C17H20N4O2S. The Kier molecular flexibility index (Phi) is 5.10. The third-order valence-corrected chi connectivity index (χ3v) is 4.81. The average molecular weight is 344 g/mol. The lowest BCUT2D eigenvalue weighted by Crippen LogP contribution is -2.27. The highest BCUT2D eigenvalue weighted by Gasteiger charge is 2.24. The molecule has 1 aromatic carbocycles. The van der Waals surface area contributed by atoms with E-state index in [2.05, 4.69) is 10.3 Å². The minimum Gasteiger partial charge on any atom is -0.399 e. The predicted octanol–water partition coefficient (Wildman–Crippen LogP) is 1.75. The number of hydrogen-bond donors (Lipinski definition) is 2. The fourth-order valence-corrected chi connectivity index (χ4v) is 3.48. The van der Waals surface area contributed by atoms with Gasteiger partial charge in [-0.2, -0.15) is 0 Å². The topological polar surface area (TPSA) is 88.3 Å². The molecule has 3 rings (SSSR count). The fraction of sp³-hybridized carbons (Fsp3) is 0.353. The molecule has 1 fully saturated rings. The second-order valence-electron chi connectivity index (χ2n) is 5.79. The van der Waals surface area contributed by atoms with Crippen LogP contribution in [0.25, 0.3) is 0 Å². The Hall–Kier alpha value is -2.41. The molecule has 6 nitrogen and oxygen atoms in total. The van der Waals surface area contributed by atoms with Crippen molar-refractivity contribution in [3.63, 3.8) is 0 Å². The molecule has 0 aliphatic carbocycles. The Labute approximate surface area is 144 Å². The molecule has 1 aromatic heterocycles. The SMILES string of the molecule is Nc1ccc(CCNC(=O)Cc2csc(N3CCCC3=O)n2)cc1. The third kappa shape index (κ3) is 4.11. The van der Waals surface area contributed by atoms with E-state index in [0.29, 0.717) is 23.8 Å². The maximum Gasteiger partial charge on any atom is 0.228 e. The van der Waals surface area contributed by atoms with Gasteiger partial charge in [0.15, 0.2) is 5.13 Å². The first-order chi connectivity index (χ1) is 11.6. The van der Waals surface area contributed by atoms with Crippen molar-refractivity contribution in [2.45, 2.75) is 25.7 Å². The predicted molar refractivity (Wildman–Crippen MR) is 95.0 cm³/mol. The first-order valence-electron chi connectivity index (χ1n) is 7.98. The number of nitrogen functional groups attached to an aromatic ring is 1. The van der Waals surface area contributed by atoms with E-state index in [1.807, 2.05) is 29.6 Å². The van der Waals surface area contributed by atoms with Crippen LogP contribution in [0.15, 0.2) is 29.6 Å². The number of anilines is 2. The zero-order chi connectivity index (χ0) is 16.9. The van der Waals surface area contributed by atoms with E-state index in [1.54, 1.807) is 4.90 Å². The number of aromatic nitrogens is 1. The summed E-state index contributed by atoms with van der Waals surface area (Å²) in [6, 6.07) is 7.63. The van der Waals surface area contributed by atoms with Gasteiger partial charge in [0, 0.05) is 30.6 Å². The number of benzene rings is 1. The summed E-state index contributed by atoms with van der Waals surface area (Å²) >= 11 is 1.42. The molecule has 2 heterocycles. The Morgan fingerprint density at radius 2 is 2.12 bits per heavy atom. The molecule has 1 aliphatic rings. The van der Waals surface area contributed by atoms with Gasteiger partial charge in [0.25, 0.3) is 0 Å². The number of carbonyl (C=O) groups excluding carboxylic acids is 2. The van der Waals surface area contributed by atoms with Gasteiger partial charge in [-0.15, -0.1) is 11.3 Å². The Morgan fingerprint density at radius 3 is 2.83 bits per heavy atom. The molecule has 0 unspecified atom stereocenters. The maximum absolute atomic E-state index is 12.0. The zero-order valence-corrected chi connectivity index (χ0v) is 14.1. The third-order valence-electron chi connectivity index (χ3n) is 3.90. The van der Waals surface area contributed by atoms with Crippen LogP contribution in [-0.4, -0.2) is 29.9 Å². The lowest BCUT2D eigenvalue weighted by atomic mass is 10.1. The van der Waals surface area contributed by atoms with Crippen molar-refractivity contribution in [2.24, 2.45) is 0 Å². The molecule has 24 heavy (non-hydrogen) atoms. The Bertz CT molecular complexity index is 726. The summed E-state index contributed by atoms with van der Waals surface area (Å²) in [5.41, 5.74) is 8.22. The molecule has 1 aliphatic heterocycles.